The van der Waals surface area contributed by atoms with Crippen LogP contribution in [0.2, 0.25) is 0 Å². The molecular formula is C12H22N2OS. The van der Waals surface area contributed by atoms with Gasteiger partial charge in [-0.2, -0.15) is 0 Å². The Kier molecular flexibility index (Phi) is 6.45. The highest BCUT2D eigenvalue weighted by molar-refractivity contribution is 7.10. The van der Waals surface area contributed by atoms with E-state index in [0.29, 0.717) is 6.04 Å². The molecule has 0 radical (unpaired) electrons. The Balaban J connectivity index is 2.18. The van der Waals surface area contributed by atoms with Gasteiger partial charge in [-0.15, -0.1) is 11.3 Å². The van der Waals surface area contributed by atoms with Crippen LogP contribution in [-0.4, -0.2) is 26.2 Å². The lowest BCUT2D eigenvalue weighted by Gasteiger charge is -2.13. The van der Waals surface area contributed by atoms with Crippen molar-refractivity contribution in [1.29, 1.82) is 0 Å². The number of thiophene rings is 1. The minimum Gasteiger partial charge on any atom is -0.496 e. The predicted molar refractivity (Wildman–Crippen MR) is 70.3 cm³/mol. The van der Waals surface area contributed by atoms with E-state index >= 15 is 0 Å². The molecule has 1 unspecified atom stereocenters. The molecule has 0 spiro atoms. The second-order valence-corrected chi connectivity index (χ2v) is 4.93. The van der Waals surface area contributed by atoms with Crippen LogP contribution >= 0.6 is 11.3 Å². The normalized spacial score (nSPS) is 12.7. The molecule has 1 aromatic heterocycles. The van der Waals surface area contributed by atoms with Crippen molar-refractivity contribution in [3.63, 3.8) is 0 Å². The van der Waals surface area contributed by atoms with Crippen molar-refractivity contribution in [2.24, 2.45) is 0 Å². The number of rotatable bonds is 8. The van der Waals surface area contributed by atoms with Crippen molar-refractivity contribution in [3.05, 3.63) is 16.3 Å². The maximum Gasteiger partial charge on any atom is 0.129 e. The first-order chi connectivity index (χ1) is 7.76. The smallest absolute Gasteiger partial charge is 0.129 e. The maximum atomic E-state index is 5.15. The Bertz CT molecular complexity index is 288. The lowest BCUT2D eigenvalue weighted by Crippen LogP contribution is -2.36. The van der Waals surface area contributed by atoms with Gasteiger partial charge in [0.25, 0.3) is 0 Å². The number of hydrogen-bond donors (Lipinski definition) is 2. The summed E-state index contributed by atoms with van der Waals surface area (Å²) in [5, 5.41) is 8.93. The molecule has 0 fully saturated rings. The molecule has 1 atom stereocenters. The molecule has 3 nitrogen and oxygen atoms in total. The van der Waals surface area contributed by atoms with Gasteiger partial charge < -0.3 is 15.4 Å². The highest BCUT2D eigenvalue weighted by Gasteiger charge is 2.03. The van der Waals surface area contributed by atoms with Gasteiger partial charge in [-0.3, -0.25) is 0 Å². The van der Waals surface area contributed by atoms with Gasteiger partial charge in [0.15, 0.2) is 0 Å². The molecule has 0 aliphatic rings. The van der Waals surface area contributed by atoms with Gasteiger partial charge in [-0.25, -0.2) is 0 Å². The predicted octanol–water partition coefficient (Wildman–Crippen LogP) is 2.23. The summed E-state index contributed by atoms with van der Waals surface area (Å²) in [6.45, 7) is 7.43. The Hall–Kier alpha value is -0.580. The van der Waals surface area contributed by atoms with Crippen molar-refractivity contribution in [3.8, 4) is 5.75 Å². The summed E-state index contributed by atoms with van der Waals surface area (Å²) in [6.07, 6.45) is 1.19. The van der Waals surface area contributed by atoms with E-state index in [0.717, 1.165) is 25.4 Å². The molecule has 0 aromatic carbocycles. The molecule has 0 aliphatic carbocycles. The average Bonchev–Trinajstić information content (AvgIpc) is 2.74. The monoisotopic (exact) mass is 242 g/mol. The fraction of sp³-hybridized carbons (Fsp3) is 0.667. The first-order valence-corrected chi connectivity index (χ1v) is 6.69. The second kappa shape index (κ2) is 7.65. The third-order valence-electron chi connectivity index (χ3n) is 2.37. The lowest BCUT2D eigenvalue weighted by atomic mass is 10.3. The van der Waals surface area contributed by atoms with Gasteiger partial charge in [0.05, 0.1) is 7.11 Å². The molecule has 0 bridgehead atoms. The fourth-order valence-corrected chi connectivity index (χ4v) is 2.19. The topological polar surface area (TPSA) is 33.3 Å². The number of methoxy groups -OCH3 is 1. The van der Waals surface area contributed by atoms with Crippen LogP contribution in [0.25, 0.3) is 0 Å². The molecule has 0 saturated carbocycles. The van der Waals surface area contributed by atoms with Gasteiger partial charge in [-0.05, 0) is 26.0 Å². The minimum atomic E-state index is 0.500. The van der Waals surface area contributed by atoms with Crippen LogP contribution in [-0.2, 0) is 6.54 Å². The van der Waals surface area contributed by atoms with Crippen molar-refractivity contribution in [1.82, 2.24) is 10.6 Å². The van der Waals surface area contributed by atoms with Crippen LogP contribution in [0.15, 0.2) is 11.4 Å². The SMILES string of the molecule is CCCNCC(C)NCc1cc(OC)cs1. The van der Waals surface area contributed by atoms with E-state index in [4.69, 9.17) is 4.74 Å². The van der Waals surface area contributed by atoms with Crippen LogP contribution in [0.3, 0.4) is 0 Å². The minimum absolute atomic E-state index is 0.500. The van der Waals surface area contributed by atoms with Crippen LogP contribution in [0.4, 0.5) is 0 Å². The first kappa shape index (κ1) is 13.5. The highest BCUT2D eigenvalue weighted by Crippen LogP contribution is 2.20. The van der Waals surface area contributed by atoms with Crippen molar-refractivity contribution in [2.75, 3.05) is 20.2 Å². The molecule has 92 valence electrons. The largest absolute Gasteiger partial charge is 0.496 e. The molecule has 16 heavy (non-hydrogen) atoms. The number of nitrogens with one attached hydrogen (secondary N) is 2. The zero-order chi connectivity index (χ0) is 11.8. The zero-order valence-electron chi connectivity index (χ0n) is 10.4. The Labute approximate surface area is 102 Å². The van der Waals surface area contributed by atoms with Crippen molar-refractivity contribution < 1.29 is 4.74 Å². The Morgan fingerprint density at radius 3 is 2.94 bits per heavy atom. The van der Waals surface area contributed by atoms with Crippen LogP contribution in [0.5, 0.6) is 5.75 Å². The van der Waals surface area contributed by atoms with Gasteiger partial charge in [0, 0.05) is 29.4 Å². The van der Waals surface area contributed by atoms with Crippen molar-refractivity contribution >= 4 is 11.3 Å². The summed E-state index contributed by atoms with van der Waals surface area (Å²) in [5.74, 6) is 0.957. The molecule has 2 N–H and O–H groups in total. The standard InChI is InChI=1S/C12H22N2OS/c1-4-5-13-7-10(2)14-8-12-6-11(15-3)9-16-12/h6,9-10,13-14H,4-5,7-8H2,1-3H3. The van der Waals surface area contributed by atoms with E-state index in [1.54, 1.807) is 18.4 Å². The van der Waals surface area contributed by atoms with Crippen LogP contribution < -0.4 is 15.4 Å². The molecule has 4 heteroatoms. The summed E-state index contributed by atoms with van der Waals surface area (Å²) in [6, 6.07) is 2.59. The third-order valence-corrected chi connectivity index (χ3v) is 3.28. The average molecular weight is 242 g/mol. The Morgan fingerprint density at radius 2 is 2.31 bits per heavy atom. The van der Waals surface area contributed by atoms with Crippen LogP contribution in [0, 0.1) is 0 Å². The number of ether oxygens (including phenoxy) is 1. The van der Waals surface area contributed by atoms with Crippen LogP contribution in [0.1, 0.15) is 25.1 Å². The molecule has 0 amide bonds. The van der Waals surface area contributed by atoms with E-state index in [9.17, 15) is 0 Å². The molecule has 1 heterocycles. The quantitative estimate of drug-likeness (QED) is 0.686. The molecule has 1 aromatic rings. The molecule has 1 rings (SSSR count). The van der Waals surface area contributed by atoms with Crippen molar-refractivity contribution in [2.45, 2.75) is 32.9 Å². The second-order valence-electron chi connectivity index (χ2n) is 3.94. The summed E-state index contributed by atoms with van der Waals surface area (Å²) >= 11 is 1.74. The lowest BCUT2D eigenvalue weighted by molar-refractivity contribution is 0.416. The van der Waals surface area contributed by atoms with E-state index in [1.165, 1.54) is 11.3 Å². The summed E-state index contributed by atoms with van der Waals surface area (Å²) < 4.78 is 5.15. The third kappa shape index (κ3) is 4.96. The summed E-state index contributed by atoms with van der Waals surface area (Å²) in [7, 11) is 1.70. The molecule has 0 aliphatic heterocycles. The molecule has 0 saturated heterocycles. The zero-order valence-corrected chi connectivity index (χ0v) is 11.2. The van der Waals surface area contributed by atoms with E-state index in [2.05, 4.69) is 30.5 Å². The molecular weight excluding hydrogens is 220 g/mol. The highest BCUT2D eigenvalue weighted by atomic mass is 32.1. The summed E-state index contributed by atoms with van der Waals surface area (Å²) in [5.41, 5.74) is 0. The van der Waals surface area contributed by atoms with E-state index in [-0.39, 0.29) is 0 Å². The fourth-order valence-electron chi connectivity index (χ4n) is 1.40. The van der Waals surface area contributed by atoms with Gasteiger partial charge in [0.1, 0.15) is 5.75 Å². The number of hydrogen-bond acceptors (Lipinski definition) is 4. The van der Waals surface area contributed by atoms with Gasteiger partial charge >= 0.3 is 0 Å². The first-order valence-electron chi connectivity index (χ1n) is 5.81. The van der Waals surface area contributed by atoms with Gasteiger partial charge in [0.2, 0.25) is 0 Å². The van der Waals surface area contributed by atoms with E-state index < -0.39 is 0 Å². The van der Waals surface area contributed by atoms with E-state index in [1.807, 2.05) is 5.38 Å². The maximum absolute atomic E-state index is 5.15. The van der Waals surface area contributed by atoms with Gasteiger partial charge in [-0.1, -0.05) is 6.92 Å². The summed E-state index contributed by atoms with van der Waals surface area (Å²) in [4.78, 5) is 1.32. The Morgan fingerprint density at radius 1 is 1.50 bits per heavy atom.